The summed E-state index contributed by atoms with van der Waals surface area (Å²) in [5, 5.41) is 5.66. The van der Waals surface area contributed by atoms with Crippen LogP contribution >= 0.6 is 12.2 Å². The third-order valence-corrected chi connectivity index (χ3v) is 4.01. The van der Waals surface area contributed by atoms with Crippen molar-refractivity contribution in [3.63, 3.8) is 0 Å². The van der Waals surface area contributed by atoms with Crippen molar-refractivity contribution in [1.29, 1.82) is 0 Å². The van der Waals surface area contributed by atoms with Gasteiger partial charge in [-0.2, -0.15) is 0 Å². The predicted octanol–water partition coefficient (Wildman–Crippen LogP) is 3.85. The molecular weight excluding hydrogens is 388 g/mol. The van der Waals surface area contributed by atoms with Crippen LogP contribution in [0.25, 0.3) is 0 Å². The summed E-state index contributed by atoms with van der Waals surface area (Å²) in [7, 11) is 0. The number of thiocarbonyl (C=S) groups is 1. The molecule has 0 aromatic heterocycles. The Morgan fingerprint density at radius 1 is 1.00 bits per heavy atom. The summed E-state index contributed by atoms with van der Waals surface area (Å²) >= 11 is 5.17. The molecule has 0 aliphatic carbocycles. The molecule has 2 N–H and O–H groups in total. The number of carbonyl (C=O) groups excluding carboxylic acids is 2. The van der Waals surface area contributed by atoms with Gasteiger partial charge in [0.25, 0.3) is 0 Å². The molecule has 0 aliphatic heterocycles. The second-order valence-electron chi connectivity index (χ2n) is 6.62. The van der Waals surface area contributed by atoms with Gasteiger partial charge in [-0.15, -0.1) is 0 Å². The van der Waals surface area contributed by atoms with Crippen LogP contribution in [-0.4, -0.2) is 29.7 Å². The molecule has 0 radical (unpaired) electrons. The summed E-state index contributed by atoms with van der Waals surface area (Å²) in [5.41, 5.74) is 1.75. The summed E-state index contributed by atoms with van der Waals surface area (Å²) < 4.78 is 10.9. The van der Waals surface area contributed by atoms with E-state index in [2.05, 4.69) is 10.6 Å². The van der Waals surface area contributed by atoms with Gasteiger partial charge in [-0.25, -0.2) is 0 Å². The highest BCUT2D eigenvalue weighted by atomic mass is 32.1. The first-order valence-electron chi connectivity index (χ1n) is 9.50. The van der Waals surface area contributed by atoms with Crippen molar-refractivity contribution in [2.75, 3.05) is 11.9 Å². The first-order chi connectivity index (χ1) is 13.9. The fourth-order valence-electron chi connectivity index (χ4n) is 2.48. The highest BCUT2D eigenvalue weighted by Crippen LogP contribution is 2.24. The Balaban J connectivity index is 1.69. The van der Waals surface area contributed by atoms with Crippen LogP contribution in [0.3, 0.4) is 0 Å². The van der Waals surface area contributed by atoms with Crippen LogP contribution in [0.1, 0.15) is 32.3 Å². The summed E-state index contributed by atoms with van der Waals surface area (Å²) in [6.07, 6.45) is 0.644. The number of para-hydroxylation sites is 2. The minimum Gasteiger partial charge on any atom is -0.489 e. The Morgan fingerprint density at radius 2 is 1.69 bits per heavy atom. The monoisotopic (exact) mass is 414 g/mol. The number of carbonyl (C=O) groups is 2. The van der Waals surface area contributed by atoms with E-state index in [9.17, 15) is 9.59 Å². The van der Waals surface area contributed by atoms with Gasteiger partial charge >= 0.3 is 5.97 Å². The smallest absolute Gasteiger partial charge is 0.306 e. The Kier molecular flexibility index (Phi) is 9.11. The van der Waals surface area contributed by atoms with Crippen molar-refractivity contribution in [1.82, 2.24) is 5.32 Å². The number of esters is 1. The number of amides is 1. The molecule has 0 atom stereocenters. The quantitative estimate of drug-likeness (QED) is 0.479. The number of ether oxygens (including phenoxy) is 2. The van der Waals surface area contributed by atoms with Crippen molar-refractivity contribution in [3.05, 3.63) is 60.2 Å². The lowest BCUT2D eigenvalue weighted by Crippen LogP contribution is -2.34. The Hall–Kier alpha value is -2.93. The Labute approximate surface area is 176 Å². The third-order valence-electron chi connectivity index (χ3n) is 3.80. The summed E-state index contributed by atoms with van der Waals surface area (Å²) in [6, 6.07) is 17.1. The Bertz CT molecular complexity index is 825. The van der Waals surface area contributed by atoms with Crippen molar-refractivity contribution < 1.29 is 19.1 Å². The molecule has 0 unspecified atom stereocenters. The van der Waals surface area contributed by atoms with E-state index in [-0.39, 0.29) is 36.6 Å². The maximum Gasteiger partial charge on any atom is 0.306 e. The second kappa shape index (κ2) is 11.8. The van der Waals surface area contributed by atoms with Gasteiger partial charge in [0, 0.05) is 12.8 Å². The van der Waals surface area contributed by atoms with Crippen LogP contribution in [0.5, 0.6) is 5.75 Å². The molecule has 0 heterocycles. The highest BCUT2D eigenvalue weighted by Gasteiger charge is 2.11. The molecular formula is C22H26N2O4S. The molecule has 154 valence electrons. The van der Waals surface area contributed by atoms with E-state index < -0.39 is 5.97 Å². The minimum absolute atomic E-state index is 0.00369. The summed E-state index contributed by atoms with van der Waals surface area (Å²) in [4.78, 5) is 23.8. The number of hydrogen-bond donors (Lipinski definition) is 2. The molecule has 0 aliphatic rings. The van der Waals surface area contributed by atoms with Crippen LogP contribution in [0.4, 0.5) is 5.69 Å². The van der Waals surface area contributed by atoms with E-state index in [0.717, 1.165) is 5.56 Å². The predicted molar refractivity (Wildman–Crippen MR) is 117 cm³/mol. The van der Waals surface area contributed by atoms with E-state index >= 15 is 0 Å². The minimum atomic E-state index is -0.411. The number of benzene rings is 2. The molecule has 2 rings (SSSR count). The normalized spacial score (nSPS) is 10.3. The first-order valence-corrected chi connectivity index (χ1v) is 9.91. The van der Waals surface area contributed by atoms with Gasteiger partial charge in [0.2, 0.25) is 5.91 Å². The van der Waals surface area contributed by atoms with E-state index in [4.69, 9.17) is 21.7 Å². The zero-order chi connectivity index (χ0) is 21.1. The molecule has 7 heteroatoms. The van der Waals surface area contributed by atoms with Crippen LogP contribution in [-0.2, 0) is 20.7 Å². The summed E-state index contributed by atoms with van der Waals surface area (Å²) in [5.74, 6) is -0.128. The van der Waals surface area contributed by atoms with Gasteiger partial charge in [-0.3, -0.25) is 9.59 Å². The molecule has 29 heavy (non-hydrogen) atoms. The summed E-state index contributed by atoms with van der Waals surface area (Å²) in [6.45, 7) is 4.14. The average Bonchev–Trinajstić information content (AvgIpc) is 2.68. The highest BCUT2D eigenvalue weighted by molar-refractivity contribution is 7.80. The third kappa shape index (κ3) is 8.74. The van der Waals surface area contributed by atoms with Crippen LogP contribution < -0.4 is 15.4 Å². The lowest BCUT2D eigenvalue weighted by atomic mass is 10.2. The topological polar surface area (TPSA) is 76.7 Å². The van der Waals surface area contributed by atoms with Gasteiger partial charge in [-0.1, -0.05) is 42.5 Å². The maximum absolute atomic E-state index is 12.0. The Morgan fingerprint density at radius 3 is 2.41 bits per heavy atom. The SMILES string of the molecule is CC(C)Oc1ccccc1NC(=S)NC(=O)CCC(=O)OCCc1ccccc1. The van der Waals surface area contributed by atoms with Crippen molar-refractivity contribution in [2.45, 2.75) is 39.2 Å². The average molecular weight is 415 g/mol. The van der Waals surface area contributed by atoms with E-state index in [1.807, 2.05) is 62.4 Å². The van der Waals surface area contributed by atoms with Gasteiger partial charge in [0.15, 0.2) is 5.11 Å². The molecule has 0 fully saturated rings. The van der Waals surface area contributed by atoms with Crippen molar-refractivity contribution >= 4 is 34.9 Å². The number of anilines is 1. The number of rotatable bonds is 9. The number of nitrogens with one attached hydrogen (secondary N) is 2. The maximum atomic E-state index is 12.0. The van der Waals surface area contributed by atoms with Gasteiger partial charge < -0.3 is 20.1 Å². The van der Waals surface area contributed by atoms with E-state index in [0.29, 0.717) is 17.9 Å². The molecule has 2 aromatic rings. The fraction of sp³-hybridized carbons (Fsp3) is 0.318. The molecule has 1 amide bonds. The second-order valence-corrected chi connectivity index (χ2v) is 7.03. The van der Waals surface area contributed by atoms with Crippen molar-refractivity contribution in [2.24, 2.45) is 0 Å². The van der Waals surface area contributed by atoms with Gasteiger partial charge in [-0.05, 0) is 43.8 Å². The van der Waals surface area contributed by atoms with Gasteiger partial charge in [0.1, 0.15) is 5.75 Å². The molecule has 6 nitrogen and oxygen atoms in total. The van der Waals surface area contributed by atoms with Crippen LogP contribution in [0.2, 0.25) is 0 Å². The standard InChI is InChI=1S/C22H26N2O4S/c1-16(2)28-19-11-7-6-10-18(19)23-22(29)24-20(25)12-13-21(26)27-15-14-17-8-4-3-5-9-17/h3-11,16H,12-15H2,1-2H3,(H2,23,24,25,29). The van der Waals surface area contributed by atoms with Crippen LogP contribution in [0, 0.1) is 0 Å². The number of hydrogen-bond acceptors (Lipinski definition) is 5. The largest absolute Gasteiger partial charge is 0.489 e. The lowest BCUT2D eigenvalue weighted by Gasteiger charge is -2.16. The van der Waals surface area contributed by atoms with Gasteiger partial charge in [0.05, 0.1) is 24.8 Å². The molecule has 0 spiro atoms. The molecule has 0 bridgehead atoms. The zero-order valence-electron chi connectivity index (χ0n) is 16.6. The van der Waals surface area contributed by atoms with Crippen LogP contribution in [0.15, 0.2) is 54.6 Å². The molecule has 0 saturated carbocycles. The van der Waals surface area contributed by atoms with E-state index in [1.54, 1.807) is 6.07 Å². The lowest BCUT2D eigenvalue weighted by molar-refractivity contribution is -0.144. The first kappa shape index (κ1) is 22.4. The van der Waals surface area contributed by atoms with E-state index in [1.165, 1.54) is 0 Å². The zero-order valence-corrected chi connectivity index (χ0v) is 17.5. The molecule has 0 saturated heterocycles. The van der Waals surface area contributed by atoms with Crippen molar-refractivity contribution in [3.8, 4) is 5.75 Å². The fourth-order valence-corrected chi connectivity index (χ4v) is 2.71. The molecule has 2 aromatic carbocycles.